The van der Waals surface area contributed by atoms with E-state index in [2.05, 4.69) is 123 Å². The Hall–Kier alpha value is -7.04. The van der Waals surface area contributed by atoms with Gasteiger partial charge in [0.25, 0.3) is 0 Å². The zero-order chi connectivity index (χ0) is 42.1. The highest BCUT2D eigenvalue weighted by molar-refractivity contribution is 5.86. The molecule has 0 spiro atoms. The van der Waals surface area contributed by atoms with E-state index in [0.717, 1.165) is 90.7 Å². The first-order valence-electron chi connectivity index (χ1n) is 21.2. The third kappa shape index (κ3) is 6.55. The van der Waals surface area contributed by atoms with Crippen LogP contribution in [0.2, 0.25) is 0 Å². The number of phenolic OH excluding ortho intramolecular Hbond substituents is 4. The lowest BCUT2D eigenvalue weighted by atomic mass is 9.86. The third-order valence-corrected chi connectivity index (χ3v) is 13.6. The van der Waals surface area contributed by atoms with Crippen molar-refractivity contribution in [3.63, 3.8) is 0 Å². The van der Waals surface area contributed by atoms with E-state index in [1.54, 1.807) is 12.1 Å². The number of benzene rings is 8. The number of hydrogen-bond acceptors (Lipinski definition) is 4. The van der Waals surface area contributed by atoms with E-state index < -0.39 is 0 Å². The van der Waals surface area contributed by atoms with Gasteiger partial charge >= 0.3 is 0 Å². The van der Waals surface area contributed by atoms with Gasteiger partial charge in [0.05, 0.1) is 0 Å². The summed E-state index contributed by atoms with van der Waals surface area (Å²) in [7, 11) is 0. The molecule has 8 aromatic rings. The van der Waals surface area contributed by atoms with Gasteiger partial charge in [-0.05, 0) is 182 Å². The number of hydrogen-bond donors (Lipinski definition) is 4. The van der Waals surface area contributed by atoms with Gasteiger partial charge in [-0.25, -0.2) is 0 Å². The van der Waals surface area contributed by atoms with Crippen molar-refractivity contribution >= 4 is 0 Å². The Morgan fingerprint density at radius 1 is 0.377 bits per heavy atom. The number of rotatable bonds is 8. The molecule has 0 bridgehead atoms. The molecule has 4 heteroatoms. The Labute approximate surface area is 357 Å². The second-order valence-corrected chi connectivity index (χ2v) is 17.2. The van der Waals surface area contributed by atoms with Crippen molar-refractivity contribution < 1.29 is 20.4 Å². The number of fused-ring (bicyclic) bond motifs is 6. The van der Waals surface area contributed by atoms with Crippen LogP contribution in [0.4, 0.5) is 0 Å². The normalized spacial score (nSPS) is 12.3. The maximum Gasteiger partial charge on any atom is 0.122 e. The summed E-state index contributed by atoms with van der Waals surface area (Å²) >= 11 is 0. The van der Waals surface area contributed by atoms with Gasteiger partial charge in [0.2, 0.25) is 0 Å². The van der Waals surface area contributed by atoms with Crippen molar-refractivity contribution in [3.05, 3.63) is 211 Å². The SMILES string of the molecule is Cc1cc(Cc2cc(C)c(O)c(Cc3cc(-c4cccc5c4Cc4ccccc4-5)ccc3O)c2C)c(C)c(Cc2cc(-c3cccc4c3Cc3ccccc3-4)ccc2O)c1O. The zero-order valence-corrected chi connectivity index (χ0v) is 35.0. The summed E-state index contributed by atoms with van der Waals surface area (Å²) in [4.78, 5) is 0. The molecule has 2 aliphatic rings. The van der Waals surface area contributed by atoms with E-state index in [4.69, 9.17) is 0 Å². The molecule has 10 rings (SSSR count). The van der Waals surface area contributed by atoms with E-state index in [0.29, 0.717) is 19.3 Å². The molecule has 0 amide bonds. The van der Waals surface area contributed by atoms with Crippen molar-refractivity contribution in [1.29, 1.82) is 0 Å². The summed E-state index contributed by atoms with van der Waals surface area (Å²) < 4.78 is 0. The molecule has 4 nitrogen and oxygen atoms in total. The van der Waals surface area contributed by atoms with Crippen LogP contribution in [0.5, 0.6) is 23.0 Å². The molecule has 0 radical (unpaired) electrons. The first-order chi connectivity index (χ1) is 29.5. The van der Waals surface area contributed by atoms with Gasteiger partial charge in [-0.2, -0.15) is 0 Å². The highest BCUT2D eigenvalue weighted by Gasteiger charge is 2.25. The van der Waals surface area contributed by atoms with Crippen molar-refractivity contribution in [3.8, 4) is 67.5 Å². The second kappa shape index (κ2) is 14.9. The van der Waals surface area contributed by atoms with E-state index in [9.17, 15) is 20.4 Å². The Bertz CT molecular complexity index is 2890. The van der Waals surface area contributed by atoms with Crippen LogP contribution in [0.1, 0.15) is 77.9 Å². The average Bonchev–Trinajstić information content (AvgIpc) is 3.85. The maximum absolute atomic E-state index is 11.6. The third-order valence-electron chi connectivity index (χ3n) is 13.6. The molecule has 0 aliphatic heterocycles. The molecule has 300 valence electrons. The lowest BCUT2D eigenvalue weighted by Gasteiger charge is -2.20. The molecule has 8 aromatic carbocycles. The summed E-state index contributed by atoms with van der Waals surface area (Å²) in [5.74, 6) is 0.879. The zero-order valence-electron chi connectivity index (χ0n) is 35.0. The van der Waals surface area contributed by atoms with Crippen molar-refractivity contribution in [2.24, 2.45) is 0 Å². The molecule has 0 saturated heterocycles. The standard InChI is InChI=1S/C57H48O4/c1-32-23-40(34(3)50(56(32)60)30-42-25-38(19-21-54(42)58)46-15-9-17-48-44-13-7-5-11-36(44)28-52(46)48)27-41-24-33(2)57(61)51(35(41)4)31-43-26-39(20-22-55(43)59)47-16-10-18-49-45-14-8-6-12-37(45)29-53(47)49/h5-26,58-61H,27-31H2,1-4H3. The monoisotopic (exact) mass is 796 g/mol. The minimum absolute atomic E-state index is 0.199. The van der Waals surface area contributed by atoms with Crippen LogP contribution >= 0.6 is 0 Å². The molecular formula is C57H48O4. The van der Waals surface area contributed by atoms with Crippen LogP contribution in [0.25, 0.3) is 44.5 Å². The van der Waals surface area contributed by atoms with Crippen molar-refractivity contribution in [2.45, 2.75) is 59.8 Å². The van der Waals surface area contributed by atoms with Gasteiger partial charge in [-0.15, -0.1) is 0 Å². The van der Waals surface area contributed by atoms with Gasteiger partial charge in [0.1, 0.15) is 23.0 Å². The predicted octanol–water partition coefficient (Wildman–Crippen LogP) is 13.0. The maximum atomic E-state index is 11.6. The molecular weight excluding hydrogens is 749 g/mol. The van der Waals surface area contributed by atoms with E-state index in [1.165, 1.54) is 44.5 Å². The first kappa shape index (κ1) is 38.2. The lowest BCUT2D eigenvalue weighted by Crippen LogP contribution is -2.05. The quantitative estimate of drug-likeness (QED) is 0.123. The molecule has 0 atom stereocenters. The number of aryl methyl sites for hydroxylation is 2. The Morgan fingerprint density at radius 3 is 1.21 bits per heavy atom. The molecule has 0 saturated carbocycles. The summed E-state index contributed by atoms with van der Waals surface area (Å²) in [5.41, 5.74) is 23.4. The van der Waals surface area contributed by atoms with Crippen LogP contribution in [-0.2, 0) is 32.1 Å². The Balaban J connectivity index is 0.960. The van der Waals surface area contributed by atoms with Crippen molar-refractivity contribution in [2.75, 3.05) is 0 Å². The van der Waals surface area contributed by atoms with Crippen molar-refractivity contribution in [1.82, 2.24) is 0 Å². The molecule has 0 fully saturated rings. The topological polar surface area (TPSA) is 80.9 Å². The van der Waals surface area contributed by atoms with Crippen LogP contribution in [-0.4, -0.2) is 20.4 Å². The van der Waals surface area contributed by atoms with E-state index in [1.807, 2.05) is 26.0 Å². The van der Waals surface area contributed by atoms with E-state index in [-0.39, 0.29) is 23.0 Å². The Morgan fingerprint density at radius 2 is 0.770 bits per heavy atom. The van der Waals surface area contributed by atoms with Gasteiger partial charge in [-0.3, -0.25) is 0 Å². The number of aromatic hydroxyl groups is 4. The summed E-state index contributed by atoms with van der Waals surface area (Å²) in [6.07, 6.45) is 3.06. The lowest BCUT2D eigenvalue weighted by molar-refractivity contribution is 0.459. The molecule has 4 N–H and O–H groups in total. The minimum Gasteiger partial charge on any atom is -0.508 e. The highest BCUT2D eigenvalue weighted by atomic mass is 16.3. The number of phenols is 4. The minimum atomic E-state index is 0.199. The van der Waals surface area contributed by atoms with Gasteiger partial charge < -0.3 is 20.4 Å². The fraction of sp³-hybridized carbons (Fsp3) is 0.158. The predicted molar refractivity (Wildman–Crippen MR) is 247 cm³/mol. The Kier molecular flexibility index (Phi) is 9.33. The molecule has 61 heavy (non-hydrogen) atoms. The fourth-order valence-corrected chi connectivity index (χ4v) is 10.1. The molecule has 2 aliphatic carbocycles. The second-order valence-electron chi connectivity index (χ2n) is 17.2. The van der Waals surface area contributed by atoms with Crippen LogP contribution in [0.15, 0.2) is 133 Å². The van der Waals surface area contributed by atoms with Crippen LogP contribution in [0, 0.1) is 27.7 Å². The summed E-state index contributed by atoms with van der Waals surface area (Å²) in [6, 6.07) is 45.9. The summed E-state index contributed by atoms with van der Waals surface area (Å²) in [5, 5.41) is 45.6. The van der Waals surface area contributed by atoms with Gasteiger partial charge in [0, 0.05) is 24.0 Å². The molecule has 0 heterocycles. The highest BCUT2D eigenvalue weighted by Crippen LogP contribution is 2.45. The largest absolute Gasteiger partial charge is 0.508 e. The fourth-order valence-electron chi connectivity index (χ4n) is 10.1. The molecule has 0 unspecified atom stereocenters. The average molecular weight is 797 g/mol. The molecule has 0 aromatic heterocycles. The van der Waals surface area contributed by atoms with Crippen LogP contribution < -0.4 is 0 Å². The van der Waals surface area contributed by atoms with E-state index >= 15 is 0 Å². The van der Waals surface area contributed by atoms with Gasteiger partial charge in [-0.1, -0.05) is 109 Å². The first-order valence-corrected chi connectivity index (χ1v) is 21.2. The van der Waals surface area contributed by atoms with Gasteiger partial charge in [0.15, 0.2) is 0 Å². The summed E-state index contributed by atoms with van der Waals surface area (Å²) in [6.45, 7) is 7.97. The smallest absolute Gasteiger partial charge is 0.122 e. The van der Waals surface area contributed by atoms with Crippen LogP contribution in [0.3, 0.4) is 0 Å².